The van der Waals surface area contributed by atoms with Crippen LogP contribution < -0.4 is 16.8 Å². The highest BCUT2D eigenvalue weighted by atomic mass is 16.4. The number of nitrogens with one attached hydrogen (secondary N) is 2. The van der Waals surface area contributed by atoms with E-state index in [1.165, 1.54) is 0 Å². The molecule has 0 fully saturated rings. The SMILES string of the molecule is N=C(N)NCCCC[C@H](N)CCC(=O)O. The van der Waals surface area contributed by atoms with E-state index < -0.39 is 5.97 Å². The van der Waals surface area contributed by atoms with Gasteiger partial charge in [-0.3, -0.25) is 10.2 Å². The molecule has 0 saturated heterocycles. The molecule has 0 aromatic carbocycles. The molecule has 0 aliphatic rings. The summed E-state index contributed by atoms with van der Waals surface area (Å²) in [6, 6.07) is -0.0431. The summed E-state index contributed by atoms with van der Waals surface area (Å²) in [5, 5.41) is 18.0. The Balaban J connectivity index is 3.27. The number of rotatable bonds is 8. The molecule has 0 bridgehead atoms. The molecule has 0 heterocycles. The van der Waals surface area contributed by atoms with Gasteiger partial charge in [0.2, 0.25) is 0 Å². The van der Waals surface area contributed by atoms with Crippen molar-refractivity contribution in [3.63, 3.8) is 0 Å². The van der Waals surface area contributed by atoms with Crippen molar-refractivity contribution in [2.45, 2.75) is 38.1 Å². The predicted molar refractivity (Wildman–Crippen MR) is 58.6 cm³/mol. The summed E-state index contributed by atoms with van der Waals surface area (Å²) in [6.45, 7) is 0.668. The summed E-state index contributed by atoms with van der Waals surface area (Å²) in [6.07, 6.45) is 3.27. The average molecular weight is 216 g/mol. The van der Waals surface area contributed by atoms with E-state index in [1.54, 1.807) is 0 Å². The van der Waals surface area contributed by atoms with E-state index in [0.29, 0.717) is 13.0 Å². The number of hydrogen-bond acceptors (Lipinski definition) is 3. The quantitative estimate of drug-likeness (QED) is 0.219. The highest BCUT2D eigenvalue weighted by molar-refractivity contribution is 5.74. The first-order chi connectivity index (χ1) is 7.02. The normalized spacial score (nSPS) is 12.1. The first kappa shape index (κ1) is 13.7. The molecule has 0 radical (unpaired) electrons. The lowest BCUT2D eigenvalue weighted by molar-refractivity contribution is -0.137. The Morgan fingerprint density at radius 1 is 1.40 bits per heavy atom. The van der Waals surface area contributed by atoms with Gasteiger partial charge in [-0.1, -0.05) is 6.42 Å². The molecule has 0 aliphatic heterocycles. The maximum Gasteiger partial charge on any atom is 0.303 e. The lowest BCUT2D eigenvalue weighted by Crippen LogP contribution is -2.31. The zero-order chi connectivity index (χ0) is 11.7. The molecule has 0 spiro atoms. The first-order valence-electron chi connectivity index (χ1n) is 5.07. The van der Waals surface area contributed by atoms with Crippen LogP contribution in [0.1, 0.15) is 32.1 Å². The lowest BCUT2D eigenvalue weighted by Gasteiger charge is -2.09. The molecule has 0 unspecified atom stereocenters. The fraction of sp³-hybridized carbons (Fsp3) is 0.778. The second-order valence-electron chi connectivity index (χ2n) is 3.53. The second-order valence-corrected chi connectivity index (χ2v) is 3.53. The highest BCUT2D eigenvalue weighted by Crippen LogP contribution is 2.04. The van der Waals surface area contributed by atoms with Crippen molar-refractivity contribution >= 4 is 11.9 Å². The average Bonchev–Trinajstić information content (AvgIpc) is 2.13. The summed E-state index contributed by atoms with van der Waals surface area (Å²) >= 11 is 0. The van der Waals surface area contributed by atoms with E-state index in [9.17, 15) is 4.79 Å². The van der Waals surface area contributed by atoms with Gasteiger partial charge in [0.1, 0.15) is 0 Å². The molecule has 88 valence electrons. The number of aliphatic carboxylic acids is 1. The number of guanidine groups is 1. The molecule has 6 heteroatoms. The molecular weight excluding hydrogens is 196 g/mol. The first-order valence-corrected chi connectivity index (χ1v) is 5.07. The Labute approximate surface area is 89.5 Å². The van der Waals surface area contributed by atoms with Gasteiger partial charge < -0.3 is 21.9 Å². The monoisotopic (exact) mass is 216 g/mol. The third-order valence-corrected chi connectivity index (χ3v) is 2.05. The molecule has 15 heavy (non-hydrogen) atoms. The topological polar surface area (TPSA) is 125 Å². The van der Waals surface area contributed by atoms with Gasteiger partial charge in [-0.15, -0.1) is 0 Å². The van der Waals surface area contributed by atoms with Crippen molar-refractivity contribution in [3.8, 4) is 0 Å². The van der Waals surface area contributed by atoms with Crippen LogP contribution in [0.2, 0.25) is 0 Å². The summed E-state index contributed by atoms with van der Waals surface area (Å²) in [5.74, 6) is -0.825. The van der Waals surface area contributed by atoms with Crippen LogP contribution in [0.4, 0.5) is 0 Å². The molecule has 1 atom stereocenters. The highest BCUT2D eigenvalue weighted by Gasteiger charge is 2.05. The van der Waals surface area contributed by atoms with E-state index in [0.717, 1.165) is 19.3 Å². The van der Waals surface area contributed by atoms with Crippen LogP contribution in [-0.2, 0) is 4.79 Å². The zero-order valence-corrected chi connectivity index (χ0v) is 8.83. The van der Waals surface area contributed by atoms with Gasteiger partial charge in [-0.25, -0.2) is 0 Å². The minimum atomic E-state index is -0.802. The molecular formula is C9H20N4O2. The van der Waals surface area contributed by atoms with E-state index in [-0.39, 0.29) is 18.4 Å². The number of hydrogen-bond donors (Lipinski definition) is 5. The predicted octanol–water partition coefficient (Wildman–Crippen LogP) is -0.168. The summed E-state index contributed by atoms with van der Waals surface area (Å²) in [5.41, 5.74) is 10.8. The van der Waals surface area contributed by atoms with Crippen molar-refractivity contribution in [1.82, 2.24) is 5.32 Å². The van der Waals surface area contributed by atoms with Crippen LogP contribution in [0, 0.1) is 5.41 Å². The van der Waals surface area contributed by atoms with Crippen LogP contribution in [-0.4, -0.2) is 29.6 Å². The molecule has 0 aliphatic carbocycles. The number of carboxylic acid groups (broad SMARTS) is 1. The fourth-order valence-electron chi connectivity index (χ4n) is 1.21. The summed E-state index contributed by atoms with van der Waals surface area (Å²) in [7, 11) is 0. The Bertz CT molecular complexity index is 208. The Kier molecular flexibility index (Phi) is 7.35. The van der Waals surface area contributed by atoms with Crippen LogP contribution in [0.15, 0.2) is 0 Å². The van der Waals surface area contributed by atoms with Crippen molar-refractivity contribution in [2.75, 3.05) is 6.54 Å². The zero-order valence-electron chi connectivity index (χ0n) is 8.83. The van der Waals surface area contributed by atoms with Crippen LogP contribution in [0.3, 0.4) is 0 Å². The summed E-state index contributed by atoms with van der Waals surface area (Å²) < 4.78 is 0. The Morgan fingerprint density at radius 2 is 2.07 bits per heavy atom. The van der Waals surface area contributed by atoms with Gasteiger partial charge >= 0.3 is 5.97 Å². The fourth-order valence-corrected chi connectivity index (χ4v) is 1.21. The minimum Gasteiger partial charge on any atom is -0.481 e. The maximum absolute atomic E-state index is 10.3. The van der Waals surface area contributed by atoms with Gasteiger partial charge in [0, 0.05) is 19.0 Å². The molecule has 0 amide bonds. The molecule has 7 N–H and O–H groups in total. The number of unbranched alkanes of at least 4 members (excludes halogenated alkanes) is 1. The van der Waals surface area contributed by atoms with Crippen LogP contribution >= 0.6 is 0 Å². The van der Waals surface area contributed by atoms with E-state index in [4.69, 9.17) is 22.0 Å². The summed E-state index contributed by atoms with van der Waals surface area (Å²) in [4.78, 5) is 10.3. The smallest absolute Gasteiger partial charge is 0.303 e. The molecule has 6 nitrogen and oxygen atoms in total. The van der Waals surface area contributed by atoms with Gasteiger partial charge in [0.25, 0.3) is 0 Å². The Hall–Kier alpha value is -1.30. The number of carbonyl (C=O) groups is 1. The Morgan fingerprint density at radius 3 is 2.60 bits per heavy atom. The van der Waals surface area contributed by atoms with E-state index in [2.05, 4.69) is 5.32 Å². The second kappa shape index (κ2) is 8.05. The van der Waals surface area contributed by atoms with Crippen molar-refractivity contribution in [3.05, 3.63) is 0 Å². The van der Waals surface area contributed by atoms with Gasteiger partial charge in [-0.05, 0) is 19.3 Å². The van der Waals surface area contributed by atoms with Crippen LogP contribution in [0.5, 0.6) is 0 Å². The molecule has 0 rings (SSSR count). The molecule has 0 aromatic heterocycles. The van der Waals surface area contributed by atoms with Crippen molar-refractivity contribution in [1.29, 1.82) is 5.41 Å². The molecule has 0 saturated carbocycles. The molecule has 0 aromatic rings. The van der Waals surface area contributed by atoms with Crippen molar-refractivity contribution in [2.24, 2.45) is 11.5 Å². The minimum absolute atomic E-state index is 0.0230. The van der Waals surface area contributed by atoms with Crippen LogP contribution in [0.25, 0.3) is 0 Å². The largest absolute Gasteiger partial charge is 0.481 e. The van der Waals surface area contributed by atoms with E-state index in [1.807, 2.05) is 0 Å². The number of carboxylic acids is 1. The number of nitrogens with two attached hydrogens (primary N) is 2. The maximum atomic E-state index is 10.3. The van der Waals surface area contributed by atoms with Crippen molar-refractivity contribution < 1.29 is 9.90 Å². The lowest BCUT2D eigenvalue weighted by atomic mass is 10.1. The van der Waals surface area contributed by atoms with Gasteiger partial charge in [-0.2, -0.15) is 0 Å². The third-order valence-electron chi connectivity index (χ3n) is 2.05. The third kappa shape index (κ3) is 10.6. The van der Waals surface area contributed by atoms with E-state index >= 15 is 0 Å². The standard InChI is InChI=1S/C9H20N4O2/c10-7(4-5-8(14)15)3-1-2-6-13-9(11)12/h7H,1-6,10H2,(H,14,15)(H4,11,12,13)/t7-/m0/s1. The van der Waals surface area contributed by atoms with Gasteiger partial charge in [0.15, 0.2) is 5.96 Å². The van der Waals surface area contributed by atoms with Gasteiger partial charge in [0.05, 0.1) is 0 Å².